The molecule has 0 amide bonds. The highest BCUT2D eigenvalue weighted by molar-refractivity contribution is 6.22. The molecule has 1 aliphatic rings. The van der Waals surface area contributed by atoms with Gasteiger partial charge in [-0.05, 0) is 59.5 Å². The third-order valence-corrected chi connectivity index (χ3v) is 10.7. The van der Waals surface area contributed by atoms with Crippen molar-refractivity contribution in [1.29, 1.82) is 0 Å². The van der Waals surface area contributed by atoms with Crippen molar-refractivity contribution in [2.75, 3.05) is 0 Å². The van der Waals surface area contributed by atoms with Crippen molar-refractivity contribution < 1.29 is 0 Å². The molecule has 0 radical (unpaired) electrons. The highest BCUT2D eigenvalue weighted by Crippen LogP contribution is 2.48. The van der Waals surface area contributed by atoms with Gasteiger partial charge >= 0.3 is 0 Å². The summed E-state index contributed by atoms with van der Waals surface area (Å²) in [6.07, 6.45) is 0.932. The van der Waals surface area contributed by atoms with Gasteiger partial charge in [-0.25, -0.2) is 9.97 Å². The fourth-order valence-electron chi connectivity index (χ4n) is 8.41. The highest BCUT2D eigenvalue weighted by Gasteiger charge is 2.28. The van der Waals surface area contributed by atoms with Crippen molar-refractivity contribution in [3.63, 3.8) is 0 Å². The largest absolute Gasteiger partial charge is 0.307 e. The second kappa shape index (κ2) is 11.8. The van der Waals surface area contributed by atoms with Crippen LogP contribution in [0.15, 0.2) is 182 Å². The topological polar surface area (TPSA) is 35.6 Å². The molecular formula is C49H32N4. The minimum absolute atomic E-state index is 0.710. The number of fused-ring (bicyclic) bond motifs is 9. The lowest BCUT2D eigenvalue weighted by molar-refractivity contribution is 1.16. The molecule has 0 saturated carbocycles. The predicted octanol–water partition coefficient (Wildman–Crippen LogP) is 12.1. The van der Waals surface area contributed by atoms with Crippen LogP contribution in [0, 0.1) is 0 Å². The van der Waals surface area contributed by atoms with Crippen LogP contribution in [0.25, 0.3) is 89.2 Å². The highest BCUT2D eigenvalue weighted by atomic mass is 15.1. The van der Waals surface area contributed by atoms with Crippen LogP contribution in [0.1, 0.15) is 11.1 Å². The van der Waals surface area contributed by atoms with Gasteiger partial charge in [0, 0.05) is 44.4 Å². The van der Waals surface area contributed by atoms with Crippen LogP contribution in [0.2, 0.25) is 0 Å². The van der Waals surface area contributed by atoms with Crippen molar-refractivity contribution in [3.8, 4) is 56.4 Å². The van der Waals surface area contributed by atoms with Crippen LogP contribution < -0.4 is 0 Å². The van der Waals surface area contributed by atoms with Gasteiger partial charge in [0.05, 0.1) is 33.5 Å². The van der Waals surface area contributed by atoms with E-state index in [2.05, 4.69) is 167 Å². The summed E-state index contributed by atoms with van der Waals surface area (Å²) < 4.78 is 4.97. The van der Waals surface area contributed by atoms with E-state index >= 15 is 0 Å². The van der Waals surface area contributed by atoms with Gasteiger partial charge in [0.2, 0.25) is 0 Å². The normalized spacial score (nSPS) is 12.1. The van der Waals surface area contributed by atoms with Gasteiger partial charge in [0.1, 0.15) is 0 Å². The summed E-state index contributed by atoms with van der Waals surface area (Å²) in [7, 11) is 0. The molecule has 1 aliphatic carbocycles. The van der Waals surface area contributed by atoms with E-state index in [-0.39, 0.29) is 0 Å². The fourth-order valence-corrected chi connectivity index (χ4v) is 8.41. The molecular weight excluding hydrogens is 645 g/mol. The number of benzene rings is 7. The monoisotopic (exact) mass is 676 g/mol. The maximum atomic E-state index is 5.20. The molecule has 3 aromatic heterocycles. The van der Waals surface area contributed by atoms with Crippen LogP contribution in [-0.2, 0) is 6.42 Å². The van der Waals surface area contributed by atoms with Crippen molar-refractivity contribution in [1.82, 2.24) is 19.1 Å². The molecule has 4 heteroatoms. The minimum Gasteiger partial charge on any atom is -0.307 e. The van der Waals surface area contributed by atoms with Gasteiger partial charge in [0.15, 0.2) is 5.82 Å². The van der Waals surface area contributed by atoms with E-state index in [1.807, 2.05) is 24.3 Å². The molecule has 53 heavy (non-hydrogen) atoms. The maximum absolute atomic E-state index is 5.20. The summed E-state index contributed by atoms with van der Waals surface area (Å²) in [5.74, 6) is 0.710. The first-order valence-electron chi connectivity index (χ1n) is 18.1. The lowest BCUT2D eigenvalue weighted by Crippen LogP contribution is -1.98. The van der Waals surface area contributed by atoms with E-state index in [9.17, 15) is 0 Å². The van der Waals surface area contributed by atoms with Crippen LogP contribution >= 0.6 is 0 Å². The molecule has 3 heterocycles. The Hall–Kier alpha value is -7.04. The molecule has 10 aromatic rings. The van der Waals surface area contributed by atoms with Gasteiger partial charge in [-0.1, -0.05) is 146 Å². The number of nitrogens with zero attached hydrogens (tertiary/aromatic N) is 4. The second-order valence-corrected chi connectivity index (χ2v) is 13.8. The molecule has 0 saturated heterocycles. The van der Waals surface area contributed by atoms with Crippen LogP contribution in [0.4, 0.5) is 0 Å². The average molecular weight is 677 g/mol. The summed E-state index contributed by atoms with van der Waals surface area (Å²) in [5, 5.41) is 2.45. The summed E-state index contributed by atoms with van der Waals surface area (Å²) in [4.78, 5) is 10.3. The zero-order valence-corrected chi connectivity index (χ0v) is 28.8. The van der Waals surface area contributed by atoms with Crippen LogP contribution in [0.3, 0.4) is 0 Å². The predicted molar refractivity (Wildman–Crippen MR) is 218 cm³/mol. The molecule has 0 aliphatic heterocycles. The van der Waals surface area contributed by atoms with Gasteiger partial charge in [-0.2, -0.15) is 0 Å². The molecule has 7 aromatic carbocycles. The Morgan fingerprint density at radius 2 is 1.02 bits per heavy atom. The number of hydrogen-bond donors (Lipinski definition) is 0. The Balaban J connectivity index is 1.23. The zero-order valence-electron chi connectivity index (χ0n) is 28.8. The molecule has 0 atom stereocenters. The number of para-hydroxylation sites is 2. The lowest BCUT2D eigenvalue weighted by atomic mass is 10.0. The van der Waals surface area contributed by atoms with E-state index in [4.69, 9.17) is 9.97 Å². The van der Waals surface area contributed by atoms with E-state index in [1.54, 1.807) is 0 Å². The van der Waals surface area contributed by atoms with E-state index in [0.29, 0.717) is 5.82 Å². The molecule has 4 nitrogen and oxygen atoms in total. The third-order valence-electron chi connectivity index (χ3n) is 10.7. The molecule has 0 N–H and O–H groups in total. The Morgan fingerprint density at radius 1 is 0.396 bits per heavy atom. The van der Waals surface area contributed by atoms with E-state index < -0.39 is 0 Å². The average Bonchev–Trinajstić information content (AvgIpc) is 3.89. The van der Waals surface area contributed by atoms with Crippen molar-refractivity contribution in [3.05, 3.63) is 193 Å². The van der Waals surface area contributed by atoms with E-state index in [1.165, 1.54) is 55.1 Å². The van der Waals surface area contributed by atoms with Crippen LogP contribution in [-0.4, -0.2) is 19.1 Å². The van der Waals surface area contributed by atoms with Crippen molar-refractivity contribution in [2.24, 2.45) is 0 Å². The lowest BCUT2D eigenvalue weighted by Gasteiger charge is -2.14. The molecule has 0 spiro atoms. The van der Waals surface area contributed by atoms with Crippen LogP contribution in [0.5, 0.6) is 0 Å². The Labute approximate surface area is 306 Å². The van der Waals surface area contributed by atoms with Gasteiger partial charge in [-0.15, -0.1) is 0 Å². The summed E-state index contributed by atoms with van der Waals surface area (Å²) in [6, 6.07) is 64.8. The molecule has 248 valence electrons. The number of hydrogen-bond acceptors (Lipinski definition) is 2. The van der Waals surface area contributed by atoms with E-state index in [0.717, 1.165) is 45.9 Å². The number of rotatable bonds is 5. The Bertz CT molecular complexity index is 2950. The SMILES string of the molecule is c1ccc(-c2cc(-c3cccc(-n4c5c6c(ccc5c5c4c4ccccc4n5-c4ccccc4)Cc4ccccc4-6)c3)nc(-c3ccccc3)n2)cc1. The molecule has 0 unspecified atom stereocenters. The maximum Gasteiger partial charge on any atom is 0.160 e. The Kier molecular flexibility index (Phi) is 6.58. The van der Waals surface area contributed by atoms with Crippen molar-refractivity contribution >= 4 is 32.8 Å². The molecule has 11 rings (SSSR count). The molecule has 0 fully saturated rings. The Morgan fingerprint density at radius 3 is 1.83 bits per heavy atom. The fraction of sp³-hybridized carbons (Fsp3) is 0.0204. The van der Waals surface area contributed by atoms with Gasteiger partial charge in [0.25, 0.3) is 0 Å². The minimum atomic E-state index is 0.710. The first-order valence-corrected chi connectivity index (χ1v) is 18.1. The summed E-state index contributed by atoms with van der Waals surface area (Å²) >= 11 is 0. The first kappa shape index (κ1) is 29.7. The van der Waals surface area contributed by atoms with Crippen molar-refractivity contribution in [2.45, 2.75) is 6.42 Å². The number of aromatic nitrogens is 4. The standard InChI is InChI=1S/C49H32N4/c1-4-15-32(16-5-1)42-31-43(51-49(50-42)33-17-6-2-7-18-33)35-20-14-23-38(30-35)53-46-41(28-27-36-29-34-19-10-11-24-39(34)45(36)46)48-47(53)40-25-12-13-26-44(40)52(48)37-21-8-3-9-22-37/h1-28,30-31H,29H2. The summed E-state index contributed by atoms with van der Waals surface area (Å²) in [6.45, 7) is 0. The zero-order chi connectivity index (χ0) is 34.9. The molecule has 0 bridgehead atoms. The smallest absolute Gasteiger partial charge is 0.160 e. The van der Waals surface area contributed by atoms with Gasteiger partial charge < -0.3 is 9.13 Å². The third kappa shape index (κ3) is 4.62. The quantitative estimate of drug-likeness (QED) is 0.182. The second-order valence-electron chi connectivity index (χ2n) is 13.8. The summed E-state index contributed by atoms with van der Waals surface area (Å²) in [5.41, 5.74) is 17.3. The first-order chi connectivity index (χ1) is 26.3. The van der Waals surface area contributed by atoms with Gasteiger partial charge in [-0.3, -0.25) is 0 Å².